The molecule has 0 atom stereocenters. The molecular weight excluding hydrogens is 337 g/mol. The molecule has 6 aliphatic heterocycles. The molecule has 60 valence electrons. The molecule has 0 saturated carbocycles. The van der Waals surface area contributed by atoms with Crippen LogP contribution in [0.4, 0.5) is 0 Å². The van der Waals surface area contributed by atoms with E-state index < -0.39 is 0 Å². The molecular formula is H12Si12. The van der Waals surface area contributed by atoms with Crippen molar-refractivity contribution in [2.45, 2.75) is 0 Å². The average Bonchev–Trinajstić information content (AvgIpc) is 1.69. The van der Waals surface area contributed by atoms with Gasteiger partial charge in [0.15, 0.2) is 0 Å². The van der Waals surface area contributed by atoms with E-state index in [2.05, 4.69) is 0 Å². The number of hydrogen-bond donors (Lipinski definition) is 0. The Hall–Kier alpha value is 2.60. The minimum absolute atomic E-state index is 0.778. The van der Waals surface area contributed by atoms with Gasteiger partial charge in [-0.15, -0.1) is 0 Å². The molecule has 0 aliphatic carbocycles. The van der Waals surface area contributed by atoms with Gasteiger partial charge in [-0.1, -0.05) is 0 Å². The zero-order chi connectivity index (χ0) is 6.93. The predicted molar refractivity (Wildman–Crippen MR) is 85.8 cm³/mol. The molecule has 12 heavy (non-hydrogen) atoms. The van der Waals surface area contributed by atoms with Crippen LogP contribution in [0.3, 0.4) is 0 Å². The molecule has 0 aromatic rings. The predicted octanol–water partition coefficient (Wildman–Crippen LogP) is -7.78. The standard InChI is InChI=1S/H12Si12/c1-2-5-3(1)7-9(5)12-10-6(2)4(1)8(10)11(7)12/h1-12H. The topological polar surface area (TPSA) is 0 Å². The highest BCUT2D eigenvalue weighted by atomic mass is 31.1. The molecule has 0 aromatic carbocycles. The van der Waals surface area contributed by atoms with E-state index >= 15 is 0 Å². The van der Waals surface area contributed by atoms with Gasteiger partial charge in [-0.2, -0.15) is 0 Å². The fraction of sp³-hybridized carbons (Fsp3) is 0. The van der Waals surface area contributed by atoms with Crippen LogP contribution in [0.25, 0.3) is 0 Å². The van der Waals surface area contributed by atoms with Crippen molar-refractivity contribution in [1.82, 2.24) is 0 Å². The van der Waals surface area contributed by atoms with Gasteiger partial charge in [0.1, 0.15) is 0 Å². The van der Waals surface area contributed by atoms with E-state index in [9.17, 15) is 0 Å². The van der Waals surface area contributed by atoms with Crippen LogP contribution in [-0.4, -0.2) is 88.2 Å². The monoisotopic (exact) mass is 348 g/mol. The van der Waals surface area contributed by atoms with Crippen molar-refractivity contribution in [3.8, 4) is 0 Å². The zero-order valence-corrected chi connectivity index (χ0v) is 20.8. The summed E-state index contributed by atoms with van der Waals surface area (Å²) in [6, 6.07) is 0. The van der Waals surface area contributed by atoms with Crippen molar-refractivity contribution in [2.24, 2.45) is 0 Å². The largest absolute Gasteiger partial charge is 0.00523 e. The van der Waals surface area contributed by atoms with Gasteiger partial charge in [0.25, 0.3) is 0 Å². The van der Waals surface area contributed by atoms with Gasteiger partial charge in [0.05, 0.1) is 0 Å². The zero-order valence-electron chi connectivity index (χ0n) is 6.93. The van der Waals surface area contributed by atoms with Gasteiger partial charge >= 0.3 is 0 Å². The molecule has 0 N–H and O–H groups in total. The third-order valence-electron chi connectivity index (χ3n) is 8.00. The Bertz CT molecular complexity index is 186. The maximum absolute atomic E-state index is 0.778. The first-order valence-corrected chi connectivity index (χ1v) is 54.0. The highest BCUT2D eigenvalue weighted by molar-refractivity contribution is 8.76. The molecule has 6 rings (SSSR count). The van der Waals surface area contributed by atoms with Crippen LogP contribution >= 0.6 is 0 Å². The van der Waals surface area contributed by atoms with Gasteiger partial charge < -0.3 is 0 Å². The lowest BCUT2D eigenvalue weighted by atomic mass is 25.1. The van der Waals surface area contributed by atoms with Gasteiger partial charge in [-0.25, -0.2) is 0 Å². The van der Waals surface area contributed by atoms with Gasteiger partial charge in [-0.3, -0.25) is 0 Å². The van der Waals surface area contributed by atoms with Gasteiger partial charge in [0.2, 0.25) is 0 Å². The fourth-order valence-corrected chi connectivity index (χ4v) is 1920. The lowest BCUT2D eigenvalue weighted by molar-refractivity contribution is 2.76. The van der Waals surface area contributed by atoms with Crippen LogP contribution < -0.4 is 0 Å². The molecule has 0 unspecified atom stereocenters. The summed E-state index contributed by atoms with van der Waals surface area (Å²) in [7, 11) is 9.33. The first-order chi connectivity index (χ1) is 6.00. The van der Waals surface area contributed by atoms with Crippen LogP contribution in [0.1, 0.15) is 0 Å². The first kappa shape index (κ1) is 6.37. The van der Waals surface area contributed by atoms with Crippen molar-refractivity contribution >= 4 is 88.2 Å². The highest BCUT2D eigenvalue weighted by Crippen LogP contribution is 2.63. The Balaban J connectivity index is 1.69. The SMILES string of the molecule is [SiH]12[SiH]3[SiH]4[SiH]1[SiH]1[SiH]4[SiH]4[SiH]5[SiH]3[SiH]2[SiH]5[SiH]14. The average molecular weight is 349 g/mol. The molecule has 0 bridgehead atoms. The third kappa shape index (κ3) is 0.305. The van der Waals surface area contributed by atoms with E-state index in [0.717, 1.165) is 88.2 Å². The molecule has 0 radical (unpaired) electrons. The second-order valence-corrected chi connectivity index (χ2v) is 187. The Morgan fingerprint density at radius 1 is 0.167 bits per heavy atom. The van der Waals surface area contributed by atoms with Crippen molar-refractivity contribution in [3.63, 3.8) is 0 Å². The molecule has 6 heterocycles. The Labute approximate surface area is 87.3 Å². The van der Waals surface area contributed by atoms with Crippen LogP contribution in [0, 0.1) is 0 Å². The highest BCUT2D eigenvalue weighted by Gasteiger charge is 3.00. The normalized spacial score (nSPS) is 108. The van der Waals surface area contributed by atoms with E-state index in [-0.39, 0.29) is 0 Å². The molecule has 6 aliphatic rings. The molecule has 6 saturated heterocycles. The Morgan fingerprint density at radius 2 is 0.250 bits per heavy atom. The van der Waals surface area contributed by atoms with E-state index in [1.165, 1.54) is 0 Å². The van der Waals surface area contributed by atoms with Crippen LogP contribution in [0.15, 0.2) is 0 Å². The van der Waals surface area contributed by atoms with Gasteiger partial charge in [-0.05, 0) is 88.2 Å². The molecule has 0 amide bonds. The van der Waals surface area contributed by atoms with E-state index in [4.69, 9.17) is 0 Å². The lowest BCUT2D eigenvalue weighted by Gasteiger charge is -3.00. The molecule has 6 fully saturated rings. The quantitative estimate of drug-likeness (QED) is 0.382. The van der Waals surface area contributed by atoms with Gasteiger partial charge in [0, 0.05) is 0 Å². The molecule has 12 heteroatoms. The Kier molecular flexibility index (Phi) is 0.769. The summed E-state index contributed by atoms with van der Waals surface area (Å²) < 4.78 is 0. The fourth-order valence-electron chi connectivity index (χ4n) is 8.36. The summed E-state index contributed by atoms with van der Waals surface area (Å²) in [5.74, 6) is 0. The molecule has 0 spiro atoms. The second-order valence-electron chi connectivity index (χ2n) is 6.93. The van der Waals surface area contributed by atoms with Crippen molar-refractivity contribution in [2.75, 3.05) is 0 Å². The summed E-state index contributed by atoms with van der Waals surface area (Å²) in [5, 5.41) is 0. The van der Waals surface area contributed by atoms with Crippen LogP contribution in [0.5, 0.6) is 0 Å². The summed E-state index contributed by atoms with van der Waals surface area (Å²) in [6.07, 6.45) is 0. The Morgan fingerprint density at radius 3 is 0.333 bits per heavy atom. The summed E-state index contributed by atoms with van der Waals surface area (Å²) in [5.41, 5.74) is 0. The van der Waals surface area contributed by atoms with Crippen LogP contribution in [-0.2, 0) is 0 Å². The molecule has 0 nitrogen and oxygen atoms in total. The summed E-state index contributed by atoms with van der Waals surface area (Å²) in [4.78, 5) is 0. The lowest BCUT2D eigenvalue weighted by Crippen LogP contribution is -3.38. The number of rotatable bonds is 0. The summed E-state index contributed by atoms with van der Waals surface area (Å²) >= 11 is 0. The number of hydrogen-bond acceptors (Lipinski definition) is 0. The van der Waals surface area contributed by atoms with E-state index in [1.54, 1.807) is 0 Å². The maximum Gasteiger partial charge on any atom is -0.00523 e. The van der Waals surface area contributed by atoms with Crippen molar-refractivity contribution in [1.29, 1.82) is 0 Å². The first-order valence-electron chi connectivity index (χ1n) is 6.00. The second kappa shape index (κ2) is 1.45. The number of fused-ring (bicyclic) bond motifs is 18. The molecule has 0 aromatic heterocycles. The van der Waals surface area contributed by atoms with Crippen molar-refractivity contribution in [3.05, 3.63) is 0 Å². The summed E-state index contributed by atoms with van der Waals surface area (Å²) in [6.45, 7) is 0. The van der Waals surface area contributed by atoms with Crippen molar-refractivity contribution < 1.29 is 0 Å². The maximum atomic E-state index is 0.778. The smallest absolute Gasteiger partial charge is 0.00523 e. The minimum atomic E-state index is 0.778. The van der Waals surface area contributed by atoms with E-state index in [1.807, 2.05) is 0 Å². The minimum Gasteiger partial charge on any atom is -0.00523 e. The van der Waals surface area contributed by atoms with Crippen LogP contribution in [0.2, 0.25) is 0 Å². The third-order valence-corrected chi connectivity index (χ3v) is 648. The van der Waals surface area contributed by atoms with E-state index in [0.29, 0.717) is 0 Å².